The second-order valence-corrected chi connectivity index (χ2v) is 4.16. The zero-order chi connectivity index (χ0) is 14.4. The average Bonchev–Trinajstić information content (AvgIpc) is 2.48. The minimum atomic E-state index is 0.289. The number of methoxy groups -OCH3 is 2. The van der Waals surface area contributed by atoms with E-state index in [-0.39, 0.29) is 6.61 Å². The molecule has 0 aliphatic rings. The van der Waals surface area contributed by atoms with Crippen molar-refractivity contribution in [2.24, 2.45) is 10.7 Å². The minimum Gasteiger partial charge on any atom is -0.497 e. The molecule has 104 valence electrons. The number of ether oxygens (including phenoxy) is 2. The minimum absolute atomic E-state index is 0.289. The smallest absolute Gasteiger partial charge is 0.126 e. The lowest BCUT2D eigenvalue weighted by atomic mass is 10.1. The Hall–Kier alpha value is -2.40. The molecule has 0 fully saturated rings. The van der Waals surface area contributed by atoms with Crippen molar-refractivity contribution in [3.05, 3.63) is 42.7 Å². The van der Waals surface area contributed by atoms with Crippen LogP contribution < -0.4 is 10.5 Å². The summed E-state index contributed by atoms with van der Waals surface area (Å²) in [7, 11) is 3.22. The number of pyridine rings is 1. The molecule has 0 radical (unpaired) electrons. The molecule has 0 aliphatic heterocycles. The zero-order valence-electron chi connectivity index (χ0n) is 11.5. The molecule has 0 aliphatic carbocycles. The average molecular weight is 271 g/mol. The first-order chi connectivity index (χ1) is 9.74. The van der Waals surface area contributed by atoms with Crippen molar-refractivity contribution in [3.8, 4) is 16.9 Å². The molecule has 5 heteroatoms. The Morgan fingerprint density at radius 3 is 2.60 bits per heavy atom. The van der Waals surface area contributed by atoms with E-state index in [2.05, 4.69) is 9.98 Å². The van der Waals surface area contributed by atoms with Crippen LogP contribution in [0.1, 0.15) is 0 Å². The number of nitrogens with two attached hydrogens (primary N) is 1. The van der Waals surface area contributed by atoms with E-state index in [0.717, 1.165) is 16.9 Å². The van der Waals surface area contributed by atoms with Crippen LogP contribution >= 0.6 is 0 Å². The van der Waals surface area contributed by atoms with Crippen molar-refractivity contribution in [1.29, 1.82) is 0 Å². The second kappa shape index (κ2) is 6.68. The number of aromatic nitrogens is 1. The summed E-state index contributed by atoms with van der Waals surface area (Å²) >= 11 is 0. The highest BCUT2D eigenvalue weighted by Crippen LogP contribution is 2.30. The van der Waals surface area contributed by atoms with Gasteiger partial charge in [-0.2, -0.15) is 0 Å². The van der Waals surface area contributed by atoms with Crippen LogP contribution in [0.15, 0.2) is 47.7 Å². The molecular formula is C15H17N3O2. The van der Waals surface area contributed by atoms with Crippen LogP contribution in [0.3, 0.4) is 0 Å². The lowest BCUT2D eigenvalue weighted by Crippen LogP contribution is -2.17. The van der Waals surface area contributed by atoms with Crippen molar-refractivity contribution in [1.82, 2.24) is 4.98 Å². The van der Waals surface area contributed by atoms with Crippen LogP contribution in [0.25, 0.3) is 11.1 Å². The second-order valence-electron chi connectivity index (χ2n) is 4.16. The summed E-state index contributed by atoms with van der Waals surface area (Å²) in [5.74, 6) is 1.22. The topological polar surface area (TPSA) is 69.7 Å². The van der Waals surface area contributed by atoms with E-state index in [1.807, 2.05) is 30.3 Å². The number of amidine groups is 1. The lowest BCUT2D eigenvalue weighted by Gasteiger charge is -2.07. The largest absolute Gasteiger partial charge is 0.497 e. The molecule has 0 saturated heterocycles. The summed E-state index contributed by atoms with van der Waals surface area (Å²) in [5, 5.41) is 0. The van der Waals surface area contributed by atoms with E-state index in [4.69, 9.17) is 15.2 Å². The monoisotopic (exact) mass is 271 g/mol. The molecule has 0 bridgehead atoms. The maximum atomic E-state index is 5.79. The van der Waals surface area contributed by atoms with Gasteiger partial charge in [0.1, 0.15) is 18.2 Å². The van der Waals surface area contributed by atoms with Gasteiger partial charge in [-0.1, -0.05) is 12.1 Å². The van der Waals surface area contributed by atoms with E-state index in [0.29, 0.717) is 11.5 Å². The van der Waals surface area contributed by atoms with Crippen molar-refractivity contribution < 1.29 is 9.47 Å². The Kier molecular flexibility index (Phi) is 4.68. The van der Waals surface area contributed by atoms with Gasteiger partial charge in [-0.25, -0.2) is 4.99 Å². The summed E-state index contributed by atoms with van der Waals surface area (Å²) < 4.78 is 10.1. The maximum Gasteiger partial charge on any atom is 0.126 e. The zero-order valence-corrected chi connectivity index (χ0v) is 11.5. The molecule has 0 saturated carbocycles. The van der Waals surface area contributed by atoms with Gasteiger partial charge in [0, 0.05) is 18.9 Å². The molecule has 1 aromatic heterocycles. The van der Waals surface area contributed by atoms with Crippen LogP contribution in [0.2, 0.25) is 0 Å². The number of nitrogens with zero attached hydrogens (tertiary/aromatic N) is 2. The Morgan fingerprint density at radius 1 is 1.20 bits per heavy atom. The Morgan fingerprint density at radius 2 is 1.95 bits per heavy atom. The van der Waals surface area contributed by atoms with Crippen LogP contribution in [0, 0.1) is 0 Å². The van der Waals surface area contributed by atoms with E-state index in [1.54, 1.807) is 26.6 Å². The first-order valence-electron chi connectivity index (χ1n) is 6.15. The third-order valence-electron chi connectivity index (χ3n) is 2.76. The molecule has 1 aromatic carbocycles. The standard InChI is InChI=1S/C15H17N3O2/c1-19-10-15(16)18-14-9-17-8-7-13(14)11-3-5-12(20-2)6-4-11/h3-9H,10H2,1-2H3,(H2,16,18). The van der Waals surface area contributed by atoms with Crippen molar-refractivity contribution in [2.75, 3.05) is 20.8 Å². The van der Waals surface area contributed by atoms with Gasteiger partial charge in [-0.15, -0.1) is 0 Å². The fourth-order valence-electron chi connectivity index (χ4n) is 1.82. The van der Waals surface area contributed by atoms with Gasteiger partial charge >= 0.3 is 0 Å². The van der Waals surface area contributed by atoms with E-state index in [1.165, 1.54) is 0 Å². The van der Waals surface area contributed by atoms with E-state index >= 15 is 0 Å². The molecule has 20 heavy (non-hydrogen) atoms. The van der Waals surface area contributed by atoms with Crippen LogP contribution in [-0.4, -0.2) is 31.6 Å². The quantitative estimate of drug-likeness (QED) is 0.669. The molecule has 0 spiro atoms. The van der Waals surface area contributed by atoms with Crippen LogP contribution in [0.5, 0.6) is 5.75 Å². The van der Waals surface area contributed by atoms with E-state index in [9.17, 15) is 0 Å². The first kappa shape index (κ1) is 14.0. The predicted molar refractivity (Wildman–Crippen MR) is 79.4 cm³/mol. The Balaban J connectivity index is 2.38. The van der Waals surface area contributed by atoms with Gasteiger partial charge in [0.25, 0.3) is 0 Å². The van der Waals surface area contributed by atoms with Crippen LogP contribution in [-0.2, 0) is 4.74 Å². The Labute approximate surface area is 118 Å². The number of benzene rings is 1. The van der Waals surface area contributed by atoms with Gasteiger partial charge in [-0.05, 0) is 23.8 Å². The normalized spacial score (nSPS) is 11.4. The summed E-state index contributed by atoms with van der Waals surface area (Å²) in [6.45, 7) is 0.289. The van der Waals surface area contributed by atoms with Crippen molar-refractivity contribution >= 4 is 11.5 Å². The number of hydrogen-bond acceptors (Lipinski definition) is 4. The highest BCUT2D eigenvalue weighted by molar-refractivity contribution is 5.87. The van der Waals surface area contributed by atoms with Gasteiger partial charge in [0.15, 0.2) is 0 Å². The molecule has 0 amide bonds. The fraction of sp³-hybridized carbons (Fsp3) is 0.200. The number of rotatable bonds is 5. The van der Waals surface area contributed by atoms with Crippen LogP contribution in [0.4, 0.5) is 5.69 Å². The molecule has 2 aromatic rings. The highest BCUT2D eigenvalue weighted by Gasteiger charge is 2.05. The first-order valence-corrected chi connectivity index (χ1v) is 6.15. The Bertz CT molecular complexity index is 594. The highest BCUT2D eigenvalue weighted by atomic mass is 16.5. The fourth-order valence-corrected chi connectivity index (χ4v) is 1.82. The number of hydrogen-bond donors (Lipinski definition) is 1. The summed E-state index contributed by atoms with van der Waals surface area (Å²) in [6, 6.07) is 9.66. The SMILES string of the molecule is COC/C(N)=N/c1cnccc1-c1ccc(OC)cc1. The van der Waals surface area contributed by atoms with Crippen molar-refractivity contribution in [2.45, 2.75) is 0 Å². The van der Waals surface area contributed by atoms with E-state index < -0.39 is 0 Å². The molecular weight excluding hydrogens is 254 g/mol. The lowest BCUT2D eigenvalue weighted by molar-refractivity contribution is 0.244. The summed E-state index contributed by atoms with van der Waals surface area (Å²) in [5.41, 5.74) is 8.49. The summed E-state index contributed by atoms with van der Waals surface area (Å²) in [4.78, 5) is 8.43. The van der Waals surface area contributed by atoms with Gasteiger partial charge in [0.2, 0.25) is 0 Å². The third-order valence-corrected chi connectivity index (χ3v) is 2.76. The number of aliphatic imine (C=N–C) groups is 1. The predicted octanol–water partition coefficient (Wildman–Crippen LogP) is 2.39. The molecule has 5 nitrogen and oxygen atoms in total. The molecule has 0 unspecified atom stereocenters. The molecule has 2 rings (SSSR count). The third kappa shape index (κ3) is 3.33. The van der Waals surface area contributed by atoms with Gasteiger partial charge < -0.3 is 15.2 Å². The van der Waals surface area contributed by atoms with Gasteiger partial charge in [0.05, 0.1) is 19.0 Å². The summed E-state index contributed by atoms with van der Waals surface area (Å²) in [6.07, 6.45) is 3.41. The molecule has 2 N–H and O–H groups in total. The van der Waals surface area contributed by atoms with Gasteiger partial charge in [-0.3, -0.25) is 4.98 Å². The molecule has 0 atom stereocenters. The molecule has 1 heterocycles. The maximum absolute atomic E-state index is 5.79. The van der Waals surface area contributed by atoms with Crippen molar-refractivity contribution in [3.63, 3.8) is 0 Å².